The smallest absolute Gasteiger partial charge is 0.303 e. The molecule has 0 radical (unpaired) electrons. The van der Waals surface area contributed by atoms with Crippen LogP contribution in [0.15, 0.2) is 24.5 Å². The number of aryl methyl sites for hydroxylation is 1. The van der Waals surface area contributed by atoms with Crippen molar-refractivity contribution >= 4 is 22.8 Å². The number of nitrogens with zero attached hydrogens (tertiary/aromatic N) is 2. The third-order valence-electron chi connectivity index (χ3n) is 2.85. The number of fused-ring (bicyclic) bond motifs is 1. The van der Waals surface area contributed by atoms with Crippen molar-refractivity contribution in [3.8, 4) is 0 Å². The fraction of sp³-hybridized carbons (Fsp3) is 0.308. The monoisotopic (exact) mass is 246 g/mol. The van der Waals surface area contributed by atoms with Crippen LogP contribution in [0.1, 0.15) is 30.1 Å². The van der Waals surface area contributed by atoms with Gasteiger partial charge in [0.1, 0.15) is 0 Å². The zero-order valence-corrected chi connectivity index (χ0v) is 10.1. The summed E-state index contributed by atoms with van der Waals surface area (Å²) < 4.78 is 1.99. The summed E-state index contributed by atoms with van der Waals surface area (Å²) in [6.07, 6.45) is 1.62. The minimum Gasteiger partial charge on any atom is -0.481 e. The molecule has 1 aromatic carbocycles. The lowest BCUT2D eigenvalue weighted by Gasteiger charge is -2.01. The van der Waals surface area contributed by atoms with Crippen molar-refractivity contribution in [3.63, 3.8) is 0 Å². The maximum atomic E-state index is 11.8. The second kappa shape index (κ2) is 5.00. The Morgan fingerprint density at radius 3 is 2.78 bits per heavy atom. The molecule has 1 aromatic heterocycles. The van der Waals surface area contributed by atoms with Crippen LogP contribution in [0.2, 0.25) is 0 Å². The number of carbonyl (C=O) groups is 2. The Balaban J connectivity index is 2.24. The molecule has 0 fully saturated rings. The lowest BCUT2D eigenvalue weighted by atomic mass is 10.1. The molecule has 0 spiro atoms. The average Bonchev–Trinajstić information content (AvgIpc) is 2.77. The maximum absolute atomic E-state index is 11.8. The largest absolute Gasteiger partial charge is 0.481 e. The third-order valence-corrected chi connectivity index (χ3v) is 2.85. The fourth-order valence-corrected chi connectivity index (χ4v) is 1.85. The van der Waals surface area contributed by atoms with Gasteiger partial charge in [0.25, 0.3) is 0 Å². The van der Waals surface area contributed by atoms with Crippen LogP contribution < -0.4 is 0 Å². The predicted molar refractivity (Wildman–Crippen MR) is 66.6 cm³/mol. The van der Waals surface area contributed by atoms with Gasteiger partial charge in [0.05, 0.1) is 23.8 Å². The molecule has 5 nitrogen and oxygen atoms in total. The number of aliphatic carboxylic acids is 1. The van der Waals surface area contributed by atoms with Crippen LogP contribution in [-0.4, -0.2) is 26.4 Å². The van der Waals surface area contributed by atoms with Gasteiger partial charge in [0, 0.05) is 18.5 Å². The molecular weight excluding hydrogens is 232 g/mol. The molecule has 0 atom stereocenters. The molecule has 0 saturated heterocycles. The number of benzene rings is 1. The van der Waals surface area contributed by atoms with E-state index < -0.39 is 5.97 Å². The van der Waals surface area contributed by atoms with Crippen molar-refractivity contribution in [3.05, 3.63) is 30.1 Å². The minimum atomic E-state index is -0.959. The summed E-state index contributed by atoms with van der Waals surface area (Å²) in [6.45, 7) is 2.84. The lowest BCUT2D eigenvalue weighted by molar-refractivity contribution is -0.136. The van der Waals surface area contributed by atoms with E-state index in [0.717, 1.165) is 17.6 Å². The van der Waals surface area contributed by atoms with E-state index in [-0.39, 0.29) is 18.6 Å². The maximum Gasteiger partial charge on any atom is 0.303 e. The van der Waals surface area contributed by atoms with Gasteiger partial charge in [-0.25, -0.2) is 4.98 Å². The van der Waals surface area contributed by atoms with E-state index in [2.05, 4.69) is 4.98 Å². The van der Waals surface area contributed by atoms with Gasteiger partial charge in [-0.05, 0) is 25.1 Å². The van der Waals surface area contributed by atoms with Gasteiger partial charge in [-0.2, -0.15) is 0 Å². The van der Waals surface area contributed by atoms with Crippen molar-refractivity contribution in [2.75, 3.05) is 0 Å². The van der Waals surface area contributed by atoms with Crippen LogP contribution in [0.4, 0.5) is 0 Å². The molecule has 1 N–H and O–H groups in total. The van der Waals surface area contributed by atoms with Crippen LogP contribution >= 0.6 is 0 Å². The summed E-state index contributed by atoms with van der Waals surface area (Å²) in [5, 5.41) is 8.55. The van der Waals surface area contributed by atoms with E-state index >= 15 is 0 Å². The number of hydrogen-bond acceptors (Lipinski definition) is 3. The quantitative estimate of drug-likeness (QED) is 0.820. The van der Waals surface area contributed by atoms with Crippen LogP contribution in [0, 0.1) is 0 Å². The Hall–Kier alpha value is -2.17. The van der Waals surface area contributed by atoms with E-state index in [1.165, 1.54) is 0 Å². The molecule has 2 rings (SSSR count). The summed E-state index contributed by atoms with van der Waals surface area (Å²) in [5.74, 6) is -1.12. The number of Topliss-reactive ketones (excluding diaryl/α,β-unsaturated/α-hetero) is 1. The molecule has 0 unspecified atom stereocenters. The molecule has 0 saturated carbocycles. The molecule has 0 aliphatic heterocycles. The van der Waals surface area contributed by atoms with Crippen molar-refractivity contribution in [1.82, 2.24) is 9.55 Å². The van der Waals surface area contributed by atoms with Crippen molar-refractivity contribution in [2.24, 2.45) is 0 Å². The third kappa shape index (κ3) is 2.40. The van der Waals surface area contributed by atoms with Crippen molar-refractivity contribution in [1.29, 1.82) is 0 Å². The molecule has 5 heteroatoms. The zero-order chi connectivity index (χ0) is 13.1. The van der Waals surface area contributed by atoms with Crippen LogP contribution in [0.3, 0.4) is 0 Å². The number of ketones is 1. The first kappa shape index (κ1) is 12.3. The molecular formula is C13H14N2O3. The topological polar surface area (TPSA) is 72.2 Å². The van der Waals surface area contributed by atoms with E-state index in [1.807, 2.05) is 17.6 Å². The molecule has 0 amide bonds. The predicted octanol–water partition coefficient (Wildman–Crippen LogP) is 2.10. The first-order valence-electron chi connectivity index (χ1n) is 5.81. The average molecular weight is 246 g/mol. The standard InChI is InChI=1S/C13H14N2O3/c1-2-15-8-14-10-7-9(3-4-11(10)15)12(16)5-6-13(17)18/h3-4,7-8H,2,5-6H2,1H3,(H,17,18). The van der Waals surface area contributed by atoms with Gasteiger partial charge >= 0.3 is 5.97 Å². The molecule has 0 bridgehead atoms. The highest BCUT2D eigenvalue weighted by molar-refractivity contribution is 5.99. The zero-order valence-electron chi connectivity index (χ0n) is 10.1. The molecule has 1 heterocycles. The molecule has 2 aromatic rings. The molecule has 0 aliphatic carbocycles. The summed E-state index contributed by atoms with van der Waals surface area (Å²) in [5.41, 5.74) is 2.26. The number of carbonyl (C=O) groups excluding carboxylic acids is 1. The first-order valence-corrected chi connectivity index (χ1v) is 5.81. The SMILES string of the molecule is CCn1cnc2cc(C(=O)CCC(=O)O)ccc21. The van der Waals surface area contributed by atoms with E-state index in [0.29, 0.717) is 5.56 Å². The lowest BCUT2D eigenvalue weighted by Crippen LogP contribution is -2.03. The summed E-state index contributed by atoms with van der Waals surface area (Å²) in [4.78, 5) is 26.4. The highest BCUT2D eigenvalue weighted by atomic mass is 16.4. The van der Waals surface area contributed by atoms with Gasteiger partial charge in [0.15, 0.2) is 5.78 Å². The molecule has 94 valence electrons. The Morgan fingerprint density at radius 2 is 2.11 bits per heavy atom. The Bertz CT molecular complexity index is 601. The van der Waals surface area contributed by atoms with Crippen LogP contribution in [-0.2, 0) is 11.3 Å². The van der Waals surface area contributed by atoms with Crippen LogP contribution in [0.5, 0.6) is 0 Å². The van der Waals surface area contributed by atoms with Gasteiger partial charge in [-0.1, -0.05) is 0 Å². The van der Waals surface area contributed by atoms with Crippen molar-refractivity contribution < 1.29 is 14.7 Å². The minimum absolute atomic E-state index is 0.0231. The first-order chi connectivity index (χ1) is 8.61. The Morgan fingerprint density at radius 1 is 1.33 bits per heavy atom. The fourth-order valence-electron chi connectivity index (χ4n) is 1.85. The number of rotatable bonds is 5. The Labute approximate surface area is 104 Å². The number of carboxylic acid groups (broad SMARTS) is 1. The highest BCUT2D eigenvalue weighted by Gasteiger charge is 2.10. The summed E-state index contributed by atoms with van der Waals surface area (Å²) in [7, 11) is 0. The second-order valence-corrected chi connectivity index (χ2v) is 4.05. The van der Waals surface area contributed by atoms with E-state index in [4.69, 9.17) is 5.11 Å². The summed E-state index contributed by atoms with van der Waals surface area (Å²) in [6, 6.07) is 5.28. The van der Waals surface area contributed by atoms with Crippen LogP contribution in [0.25, 0.3) is 11.0 Å². The molecule has 0 aliphatic rings. The second-order valence-electron chi connectivity index (χ2n) is 4.05. The van der Waals surface area contributed by atoms with E-state index in [1.54, 1.807) is 18.5 Å². The number of hydrogen-bond donors (Lipinski definition) is 1. The Kier molecular flexibility index (Phi) is 3.41. The number of imidazole rings is 1. The molecule has 18 heavy (non-hydrogen) atoms. The summed E-state index contributed by atoms with van der Waals surface area (Å²) >= 11 is 0. The van der Waals surface area contributed by atoms with Gasteiger partial charge < -0.3 is 9.67 Å². The van der Waals surface area contributed by atoms with Gasteiger partial charge in [-0.3, -0.25) is 9.59 Å². The van der Waals surface area contributed by atoms with Gasteiger partial charge in [0.2, 0.25) is 0 Å². The highest BCUT2D eigenvalue weighted by Crippen LogP contribution is 2.16. The normalized spacial score (nSPS) is 10.7. The van der Waals surface area contributed by atoms with Crippen molar-refractivity contribution in [2.45, 2.75) is 26.3 Å². The number of carboxylic acids is 1. The van der Waals surface area contributed by atoms with E-state index in [9.17, 15) is 9.59 Å². The van der Waals surface area contributed by atoms with Gasteiger partial charge in [-0.15, -0.1) is 0 Å². The number of aromatic nitrogens is 2.